The smallest absolute Gasteiger partial charge is 0.417 e. The van der Waals surface area contributed by atoms with Gasteiger partial charge in [-0.15, -0.1) is 0 Å². The molecule has 0 saturated carbocycles. The molecular formula is C41H42F10N4O4. The predicted octanol–water partition coefficient (Wildman–Crippen LogP) is 8.27. The zero-order valence-corrected chi connectivity index (χ0v) is 32.0. The quantitative estimate of drug-likeness (QED) is 0.156. The molecule has 2 saturated heterocycles. The average Bonchev–Trinajstić information content (AvgIpc) is 3.27. The van der Waals surface area contributed by atoms with E-state index in [0.29, 0.717) is 12.1 Å². The van der Waals surface area contributed by atoms with Gasteiger partial charge in [-0.1, -0.05) is 49.4 Å². The van der Waals surface area contributed by atoms with Crippen molar-refractivity contribution in [3.05, 3.63) is 81.6 Å². The Kier molecular flexibility index (Phi) is 12.2. The molecule has 2 aliphatic heterocycles. The van der Waals surface area contributed by atoms with Crippen molar-refractivity contribution >= 4 is 33.6 Å². The van der Waals surface area contributed by atoms with Crippen LogP contribution in [-0.2, 0) is 35.8 Å². The number of carbonyl (C=O) groups is 2. The summed E-state index contributed by atoms with van der Waals surface area (Å²) >= 11 is 0. The van der Waals surface area contributed by atoms with E-state index in [9.17, 15) is 50.2 Å². The van der Waals surface area contributed by atoms with Gasteiger partial charge in [-0.25, -0.2) is 22.4 Å². The Bertz CT molecular complexity index is 2280. The van der Waals surface area contributed by atoms with Crippen LogP contribution in [0.15, 0.2) is 59.4 Å². The summed E-state index contributed by atoms with van der Waals surface area (Å²) in [6, 6.07) is 10.5. The number of piperidine rings is 1. The van der Waals surface area contributed by atoms with Gasteiger partial charge in [0.25, 0.3) is 17.9 Å². The maximum Gasteiger partial charge on any atom is 0.417 e. The number of carbonyl (C=O) groups excluding carboxylic acids is 1. The minimum Gasteiger partial charge on any atom is -0.480 e. The van der Waals surface area contributed by atoms with Crippen LogP contribution in [0.1, 0.15) is 49.3 Å². The number of aromatic nitrogens is 1. The number of halogens is 10. The highest BCUT2D eigenvalue weighted by molar-refractivity contribution is 6.02. The third-order valence-electron chi connectivity index (χ3n) is 11.9. The number of likely N-dealkylation sites (tertiary alicyclic amines) is 2. The zero-order chi connectivity index (χ0) is 43.2. The molecule has 4 aromatic rings. The first-order valence-corrected chi connectivity index (χ1v) is 19.0. The summed E-state index contributed by atoms with van der Waals surface area (Å²) in [5.41, 5.74) is -5.72. The van der Waals surface area contributed by atoms with Crippen LogP contribution in [0.4, 0.5) is 43.9 Å². The van der Waals surface area contributed by atoms with E-state index in [0.717, 1.165) is 9.47 Å². The van der Waals surface area contributed by atoms with E-state index < -0.39 is 116 Å². The number of nitrogens with zero attached hydrogens (tertiary/aromatic N) is 3. The molecule has 1 aromatic heterocycles. The molecule has 2 N–H and O–H groups in total. The minimum atomic E-state index is -5.15. The van der Waals surface area contributed by atoms with E-state index in [1.54, 1.807) is 11.0 Å². The van der Waals surface area contributed by atoms with Crippen LogP contribution in [0.25, 0.3) is 32.8 Å². The van der Waals surface area contributed by atoms with Crippen LogP contribution < -0.4 is 10.9 Å². The lowest BCUT2D eigenvalue weighted by atomic mass is 9.76. The predicted molar refractivity (Wildman–Crippen MR) is 199 cm³/mol. The maximum atomic E-state index is 15.3. The largest absolute Gasteiger partial charge is 0.480 e. The lowest BCUT2D eigenvalue weighted by Gasteiger charge is -2.41. The molecule has 3 heterocycles. The number of carboxylic acids is 1. The Balaban J connectivity index is 1.38. The number of carboxylic acid groups (broad SMARTS) is 1. The van der Waals surface area contributed by atoms with E-state index in [2.05, 4.69) is 0 Å². The number of hydrogen-bond donors (Lipinski definition) is 2. The van der Waals surface area contributed by atoms with Crippen molar-refractivity contribution in [2.75, 3.05) is 32.7 Å². The first-order chi connectivity index (χ1) is 27.5. The molecule has 1 unspecified atom stereocenters. The molecule has 320 valence electrons. The highest BCUT2D eigenvalue weighted by Crippen LogP contribution is 2.47. The Hall–Kier alpha value is -4.71. The number of benzene rings is 3. The number of aryl methyl sites for hydroxylation is 1. The summed E-state index contributed by atoms with van der Waals surface area (Å²) in [7, 11) is 1.30. The summed E-state index contributed by atoms with van der Waals surface area (Å²) in [6.07, 6.45) is -15.7. The lowest BCUT2D eigenvalue weighted by Crippen LogP contribution is -2.59. The molecule has 2 aliphatic rings. The fourth-order valence-corrected chi connectivity index (χ4v) is 8.35. The van der Waals surface area contributed by atoms with Gasteiger partial charge in [-0.2, -0.15) is 26.3 Å². The molecule has 6 rings (SSSR count). The Morgan fingerprint density at radius 3 is 2.15 bits per heavy atom. The first kappa shape index (κ1) is 43.9. The van der Waals surface area contributed by atoms with Crippen LogP contribution in [0.5, 0.6) is 0 Å². The fourth-order valence-electron chi connectivity index (χ4n) is 8.35. The monoisotopic (exact) mass is 844 g/mol. The molecule has 0 radical (unpaired) electrons. The van der Waals surface area contributed by atoms with Gasteiger partial charge >= 0.3 is 18.3 Å². The Labute approximate surface area is 331 Å². The molecular weight excluding hydrogens is 802 g/mol. The minimum absolute atomic E-state index is 0.0241. The normalized spacial score (nSPS) is 19.8. The zero-order valence-electron chi connectivity index (χ0n) is 32.0. The van der Waals surface area contributed by atoms with E-state index >= 15 is 13.2 Å². The molecule has 3 aromatic carbocycles. The lowest BCUT2D eigenvalue weighted by molar-refractivity contribution is -0.233. The number of alkyl halides is 10. The van der Waals surface area contributed by atoms with Crippen LogP contribution in [0.2, 0.25) is 0 Å². The van der Waals surface area contributed by atoms with Crippen molar-refractivity contribution in [1.82, 2.24) is 19.7 Å². The van der Waals surface area contributed by atoms with E-state index in [1.165, 1.54) is 62.5 Å². The third-order valence-corrected chi connectivity index (χ3v) is 11.9. The van der Waals surface area contributed by atoms with Gasteiger partial charge in [-0.05, 0) is 78.5 Å². The molecule has 0 spiro atoms. The number of nitrogens with one attached hydrogen (secondary N) is 1. The highest BCUT2D eigenvalue weighted by Gasteiger charge is 2.61. The summed E-state index contributed by atoms with van der Waals surface area (Å²) < 4.78 is 145. The van der Waals surface area contributed by atoms with Crippen molar-refractivity contribution < 1.29 is 58.6 Å². The topological polar surface area (TPSA) is 94.9 Å². The van der Waals surface area contributed by atoms with E-state index in [4.69, 9.17) is 0 Å². The molecule has 59 heavy (non-hydrogen) atoms. The Morgan fingerprint density at radius 1 is 0.881 bits per heavy atom. The summed E-state index contributed by atoms with van der Waals surface area (Å²) in [5, 5.41) is 12.0. The fraction of sp³-hybridized carbons (Fsp3) is 0.488. The second kappa shape index (κ2) is 16.4. The van der Waals surface area contributed by atoms with Crippen molar-refractivity contribution in [2.24, 2.45) is 18.4 Å². The second-order valence-corrected chi connectivity index (χ2v) is 15.6. The number of aliphatic carboxylic acids is 1. The summed E-state index contributed by atoms with van der Waals surface area (Å²) in [6.45, 7) is 0.0840. The van der Waals surface area contributed by atoms with Gasteiger partial charge in [0.15, 0.2) is 0 Å². The van der Waals surface area contributed by atoms with E-state index in [1.807, 2.05) is 5.32 Å². The van der Waals surface area contributed by atoms with Crippen LogP contribution in [0.3, 0.4) is 0 Å². The molecule has 2 fully saturated rings. The van der Waals surface area contributed by atoms with Gasteiger partial charge < -0.3 is 15.0 Å². The van der Waals surface area contributed by atoms with Crippen LogP contribution in [-0.4, -0.2) is 88.6 Å². The summed E-state index contributed by atoms with van der Waals surface area (Å²) in [5.74, 6) is -7.11. The SMILES string of the molecule is CC1CCN(Cc2ccc3c(c2)c(C(F)(F)F)c(-c2cccc4c(C[C@H](NC(=O)C5(C(F)(F)F)CCN(CC(F)F)CC5)C(=O)O)cccc24)c(=O)n3C)CCC1(F)F. The van der Waals surface area contributed by atoms with Gasteiger partial charge in [0.2, 0.25) is 5.91 Å². The molecule has 0 bridgehead atoms. The molecule has 0 aliphatic carbocycles. The molecule has 1 amide bonds. The average molecular weight is 845 g/mol. The Morgan fingerprint density at radius 2 is 1.53 bits per heavy atom. The first-order valence-electron chi connectivity index (χ1n) is 19.0. The highest BCUT2D eigenvalue weighted by atomic mass is 19.4. The molecule has 18 heteroatoms. The van der Waals surface area contributed by atoms with Gasteiger partial charge in [0.05, 0.1) is 23.2 Å². The van der Waals surface area contributed by atoms with Crippen LogP contribution in [0, 0.1) is 11.3 Å². The van der Waals surface area contributed by atoms with E-state index in [-0.39, 0.29) is 52.3 Å². The van der Waals surface area contributed by atoms with Gasteiger partial charge in [0, 0.05) is 44.3 Å². The number of rotatable bonds is 10. The number of amides is 1. The number of pyridine rings is 1. The number of hydrogen-bond acceptors (Lipinski definition) is 5. The van der Waals surface area contributed by atoms with Crippen molar-refractivity contribution in [2.45, 2.75) is 76.3 Å². The molecule has 2 atom stereocenters. The van der Waals surface area contributed by atoms with Gasteiger partial charge in [0.1, 0.15) is 11.5 Å². The van der Waals surface area contributed by atoms with Crippen LogP contribution >= 0.6 is 0 Å². The van der Waals surface area contributed by atoms with Crippen molar-refractivity contribution in [3.8, 4) is 11.1 Å². The standard InChI is InChI=1S/C41H42F10N4O4/c1-23-11-15-54(18-14-39(23,44)45)21-24-9-10-31-29(19-24)34(40(46,47)48)33(35(56)53(31)2)28-8-4-6-26-25(5-3-7-27(26)28)20-30(36(57)58)52-37(59)38(41(49,50)51)12-16-55(17-13-38)22-32(42)43/h3-10,19,23,30,32H,11-18,20-22H2,1-2H3,(H,52,59)(H,57,58)/t23?,30-/m0/s1. The molecule has 8 nitrogen and oxygen atoms in total. The second-order valence-electron chi connectivity index (χ2n) is 15.6. The van der Waals surface area contributed by atoms with Gasteiger partial charge in [-0.3, -0.25) is 19.4 Å². The number of fused-ring (bicyclic) bond motifs is 2. The third kappa shape index (κ3) is 8.79. The van der Waals surface area contributed by atoms with Crippen molar-refractivity contribution in [3.63, 3.8) is 0 Å². The maximum absolute atomic E-state index is 15.3. The summed E-state index contributed by atoms with van der Waals surface area (Å²) in [4.78, 5) is 42.6. The van der Waals surface area contributed by atoms with Crippen molar-refractivity contribution in [1.29, 1.82) is 0 Å².